The number of carbonyl (C=O) groups is 2. The van der Waals surface area contributed by atoms with Gasteiger partial charge in [0.1, 0.15) is 16.7 Å². The molecule has 2 bridgehead atoms. The van der Waals surface area contributed by atoms with Crippen LogP contribution < -0.4 is 10.5 Å². The average Bonchev–Trinajstić information content (AvgIpc) is 3.44. The van der Waals surface area contributed by atoms with Gasteiger partial charge in [-0.3, -0.25) is 14.4 Å². The van der Waals surface area contributed by atoms with E-state index >= 15 is 0 Å². The smallest absolute Gasteiger partial charge is 0.390 e. The van der Waals surface area contributed by atoms with Gasteiger partial charge in [0.25, 0.3) is 5.56 Å². The Balaban J connectivity index is 1.40. The molecule has 2 amide bonds. The summed E-state index contributed by atoms with van der Waals surface area (Å²) in [6, 6.07) is 12.9. The molecule has 4 heterocycles. The molecule has 3 saturated heterocycles. The molecule has 2 aromatic carbocycles. The minimum Gasteiger partial charge on any atom is -0.390 e. The lowest BCUT2D eigenvalue weighted by Gasteiger charge is -2.33. The zero-order valence-corrected chi connectivity index (χ0v) is 21.7. The fourth-order valence-electron chi connectivity index (χ4n) is 6.66. The number of nitriles is 1. The van der Waals surface area contributed by atoms with Crippen molar-refractivity contribution in [1.29, 1.82) is 5.26 Å². The van der Waals surface area contributed by atoms with E-state index in [1.165, 1.54) is 13.0 Å². The predicted molar refractivity (Wildman–Crippen MR) is 136 cm³/mol. The number of ether oxygens (including phenoxy) is 1. The Morgan fingerprint density at radius 1 is 1.15 bits per heavy atom. The van der Waals surface area contributed by atoms with Crippen LogP contribution in [0.2, 0.25) is 5.02 Å². The number of benzene rings is 2. The molecular weight excluding hydrogens is 551 g/mol. The Morgan fingerprint density at radius 2 is 1.85 bits per heavy atom. The van der Waals surface area contributed by atoms with E-state index in [2.05, 4.69) is 6.07 Å². The van der Waals surface area contributed by atoms with E-state index in [-0.39, 0.29) is 30.6 Å². The second-order valence-corrected chi connectivity index (χ2v) is 11.1. The fraction of sp³-hybridized carbons (Fsp3) is 0.357. The zero-order valence-electron chi connectivity index (χ0n) is 20.9. The number of aliphatic hydroxyl groups excluding tert-OH is 1. The number of imide groups is 1. The topological polar surface area (TPSA) is 113 Å². The monoisotopic (exact) mass is 571 g/mol. The van der Waals surface area contributed by atoms with Crippen LogP contribution in [0, 0.1) is 23.2 Å². The molecule has 5 atom stereocenters. The number of aliphatic hydroxyl groups is 1. The second kappa shape index (κ2) is 8.64. The van der Waals surface area contributed by atoms with E-state index < -0.39 is 63.3 Å². The number of pyridine rings is 1. The number of amides is 2. The lowest BCUT2D eigenvalue weighted by atomic mass is 9.66. The lowest BCUT2D eigenvalue weighted by molar-refractivity contribution is -0.138. The van der Waals surface area contributed by atoms with Crippen molar-refractivity contribution in [2.45, 2.75) is 49.8 Å². The van der Waals surface area contributed by atoms with Crippen molar-refractivity contribution in [2.24, 2.45) is 11.8 Å². The van der Waals surface area contributed by atoms with Crippen LogP contribution in [0.1, 0.15) is 30.9 Å². The molecule has 8 nitrogen and oxygen atoms in total. The lowest BCUT2D eigenvalue weighted by Crippen LogP contribution is -2.49. The number of halogens is 4. The van der Waals surface area contributed by atoms with E-state index in [0.29, 0.717) is 17.6 Å². The van der Waals surface area contributed by atoms with Crippen LogP contribution in [-0.2, 0) is 27.0 Å². The number of rotatable bonds is 4. The molecule has 0 radical (unpaired) electrons. The van der Waals surface area contributed by atoms with Gasteiger partial charge in [0, 0.05) is 24.5 Å². The molecule has 5 unspecified atom stereocenters. The predicted octanol–water partition coefficient (Wildman–Crippen LogP) is 4.03. The first kappa shape index (κ1) is 26.5. The van der Waals surface area contributed by atoms with Crippen molar-refractivity contribution >= 4 is 39.9 Å². The van der Waals surface area contributed by atoms with Crippen molar-refractivity contribution in [3.8, 4) is 6.07 Å². The number of aryl methyl sites for hydroxylation is 1. The first-order chi connectivity index (χ1) is 18.8. The maximum Gasteiger partial charge on any atom is 0.417 e. The molecule has 40 heavy (non-hydrogen) atoms. The Bertz CT molecular complexity index is 1720. The van der Waals surface area contributed by atoms with Crippen molar-refractivity contribution < 1.29 is 32.6 Å². The maximum atomic E-state index is 14.0. The standard InChI is InChI=1S/C28H21ClF3N3O5/c1-26-20(36)11-27(40-26,8-9-34-13-15(28(30,31)32)10-18(29)23(34)37)22-21(26)24(38)35(25(22)39)19-7-6-14-4-2-3-5-16(14)17(19)12-33/h2-7,10,13,20-22,36H,8-9,11H2,1H3. The van der Waals surface area contributed by atoms with Gasteiger partial charge in [-0.2, -0.15) is 18.4 Å². The summed E-state index contributed by atoms with van der Waals surface area (Å²) in [6.45, 7) is 1.22. The highest BCUT2D eigenvalue weighted by Crippen LogP contribution is 2.62. The molecule has 0 spiro atoms. The molecule has 12 heteroatoms. The summed E-state index contributed by atoms with van der Waals surface area (Å²) in [7, 11) is 0. The highest BCUT2D eigenvalue weighted by molar-refractivity contribution is 6.30. The van der Waals surface area contributed by atoms with Crippen molar-refractivity contribution in [3.63, 3.8) is 0 Å². The van der Waals surface area contributed by atoms with Crippen LogP contribution in [0.25, 0.3) is 10.8 Å². The van der Waals surface area contributed by atoms with Gasteiger partial charge in [0.2, 0.25) is 11.8 Å². The summed E-state index contributed by atoms with van der Waals surface area (Å²) < 4.78 is 47.1. The average molecular weight is 572 g/mol. The number of aromatic nitrogens is 1. The normalized spacial score (nSPS) is 29.3. The van der Waals surface area contributed by atoms with Gasteiger partial charge in [-0.25, -0.2) is 4.90 Å². The third-order valence-corrected chi connectivity index (χ3v) is 8.79. The number of hydrogen-bond acceptors (Lipinski definition) is 6. The summed E-state index contributed by atoms with van der Waals surface area (Å²) >= 11 is 5.79. The van der Waals surface area contributed by atoms with Gasteiger partial charge < -0.3 is 14.4 Å². The molecule has 3 aliphatic rings. The fourth-order valence-corrected chi connectivity index (χ4v) is 6.88. The van der Waals surface area contributed by atoms with Crippen molar-refractivity contribution in [3.05, 3.63) is 75.2 Å². The highest BCUT2D eigenvalue weighted by atomic mass is 35.5. The summed E-state index contributed by atoms with van der Waals surface area (Å²) in [5.74, 6) is -3.44. The van der Waals surface area contributed by atoms with Crippen LogP contribution in [0.4, 0.5) is 18.9 Å². The third kappa shape index (κ3) is 3.56. The minimum atomic E-state index is -4.75. The van der Waals surface area contributed by atoms with Crippen molar-refractivity contribution in [2.75, 3.05) is 4.90 Å². The summed E-state index contributed by atoms with van der Waals surface area (Å²) in [5.41, 5.74) is -4.62. The molecular formula is C28H21ClF3N3O5. The van der Waals surface area contributed by atoms with Gasteiger partial charge in [0.05, 0.1) is 40.4 Å². The van der Waals surface area contributed by atoms with E-state index in [9.17, 15) is 37.9 Å². The molecule has 1 N–H and O–H groups in total. The number of fused-ring (bicyclic) bond motifs is 6. The van der Waals surface area contributed by atoms with Crippen molar-refractivity contribution in [1.82, 2.24) is 4.57 Å². The molecule has 206 valence electrons. The Hall–Kier alpha value is -3.72. The van der Waals surface area contributed by atoms with Gasteiger partial charge >= 0.3 is 6.18 Å². The number of carbonyl (C=O) groups excluding carboxylic acids is 2. The molecule has 0 aliphatic carbocycles. The van der Waals surface area contributed by atoms with Crippen LogP contribution >= 0.6 is 11.6 Å². The highest BCUT2D eigenvalue weighted by Gasteiger charge is 2.77. The number of hydrogen-bond donors (Lipinski definition) is 1. The zero-order chi connectivity index (χ0) is 28.8. The van der Waals surface area contributed by atoms with Gasteiger partial charge in [-0.1, -0.05) is 41.9 Å². The molecule has 1 aromatic heterocycles. The molecule has 3 fully saturated rings. The first-order valence-corrected chi connectivity index (χ1v) is 12.9. The maximum absolute atomic E-state index is 14.0. The quantitative estimate of drug-likeness (QED) is 0.473. The number of alkyl halides is 3. The molecule has 6 rings (SSSR count). The number of nitrogens with zero attached hydrogens (tertiary/aromatic N) is 3. The Morgan fingerprint density at radius 3 is 2.55 bits per heavy atom. The second-order valence-electron chi connectivity index (χ2n) is 10.7. The van der Waals surface area contributed by atoms with Crippen LogP contribution in [-0.4, -0.2) is 38.8 Å². The first-order valence-electron chi connectivity index (χ1n) is 12.5. The van der Waals surface area contributed by atoms with E-state index in [0.717, 1.165) is 14.9 Å². The minimum absolute atomic E-state index is 0.0677. The summed E-state index contributed by atoms with van der Waals surface area (Å²) in [5, 5.41) is 21.6. The molecule has 3 aromatic rings. The summed E-state index contributed by atoms with van der Waals surface area (Å²) in [6.07, 6.45) is -5.47. The Labute approximate surface area is 230 Å². The van der Waals surface area contributed by atoms with E-state index in [4.69, 9.17) is 16.3 Å². The van der Waals surface area contributed by atoms with Crippen LogP contribution in [0.3, 0.4) is 0 Å². The van der Waals surface area contributed by atoms with Crippen LogP contribution in [0.5, 0.6) is 0 Å². The van der Waals surface area contributed by atoms with Gasteiger partial charge in [0.15, 0.2) is 0 Å². The molecule has 3 aliphatic heterocycles. The third-order valence-electron chi connectivity index (χ3n) is 8.52. The van der Waals surface area contributed by atoms with E-state index in [1.54, 1.807) is 30.3 Å². The SMILES string of the molecule is CC12OC(CCn3cc(C(F)(F)F)cc(Cl)c3=O)(CC1O)C1C(=O)N(c3ccc4ccccc4c3C#N)C(=O)C12. The Kier molecular flexibility index (Phi) is 5.72. The van der Waals surface area contributed by atoms with Gasteiger partial charge in [-0.05, 0) is 30.9 Å². The number of anilines is 1. The molecule has 0 saturated carbocycles. The van der Waals surface area contributed by atoms with Crippen LogP contribution in [0.15, 0.2) is 53.5 Å². The van der Waals surface area contributed by atoms with Gasteiger partial charge in [-0.15, -0.1) is 0 Å². The summed E-state index contributed by atoms with van der Waals surface area (Å²) in [4.78, 5) is 41.3. The van der Waals surface area contributed by atoms with E-state index in [1.807, 2.05) is 0 Å². The largest absolute Gasteiger partial charge is 0.417 e.